The topological polar surface area (TPSA) is 43.4 Å². The van der Waals surface area contributed by atoms with E-state index in [0.29, 0.717) is 28.7 Å². The van der Waals surface area contributed by atoms with Crippen molar-refractivity contribution < 1.29 is 14.3 Å². The molecule has 1 fully saturated rings. The summed E-state index contributed by atoms with van der Waals surface area (Å²) in [5.41, 5.74) is 2.15. The van der Waals surface area contributed by atoms with Gasteiger partial charge in [0.2, 0.25) is 0 Å². The maximum Gasteiger partial charge on any atom is 0.185 e. The lowest BCUT2D eigenvalue weighted by atomic mass is 9.82. The van der Waals surface area contributed by atoms with Crippen LogP contribution in [0.25, 0.3) is 0 Å². The van der Waals surface area contributed by atoms with Gasteiger partial charge in [0.25, 0.3) is 0 Å². The molecule has 0 amide bonds. The minimum absolute atomic E-state index is 0.000923. The van der Waals surface area contributed by atoms with Gasteiger partial charge in [0.1, 0.15) is 5.60 Å². The van der Waals surface area contributed by atoms with E-state index in [1.54, 1.807) is 20.8 Å². The van der Waals surface area contributed by atoms with Crippen molar-refractivity contribution in [1.82, 2.24) is 0 Å². The van der Waals surface area contributed by atoms with E-state index >= 15 is 0 Å². The van der Waals surface area contributed by atoms with Gasteiger partial charge in [-0.25, -0.2) is 0 Å². The highest BCUT2D eigenvalue weighted by atomic mass is 16.5. The molecule has 20 heavy (non-hydrogen) atoms. The highest BCUT2D eigenvalue weighted by Gasteiger charge is 2.35. The minimum Gasteiger partial charge on any atom is -0.493 e. The predicted molar refractivity (Wildman–Crippen MR) is 78.2 cm³/mol. The molecule has 2 aliphatic rings. The molecule has 3 heteroatoms. The molecule has 108 valence electrons. The van der Waals surface area contributed by atoms with Crippen LogP contribution >= 0.6 is 0 Å². The predicted octanol–water partition coefficient (Wildman–Crippen LogP) is 3.65. The summed E-state index contributed by atoms with van der Waals surface area (Å²) in [6.45, 7) is 11.1. The summed E-state index contributed by atoms with van der Waals surface area (Å²) >= 11 is 0. The van der Waals surface area contributed by atoms with Crippen molar-refractivity contribution in [2.45, 2.75) is 59.0 Å². The first-order valence-corrected chi connectivity index (χ1v) is 7.08. The van der Waals surface area contributed by atoms with Crippen molar-refractivity contribution in [1.29, 1.82) is 0 Å². The first-order chi connectivity index (χ1) is 9.25. The van der Waals surface area contributed by atoms with E-state index in [4.69, 9.17) is 4.74 Å². The second-order valence-corrected chi connectivity index (χ2v) is 6.10. The Hall–Kier alpha value is -1.64. The zero-order valence-electron chi connectivity index (χ0n) is 12.8. The fourth-order valence-electron chi connectivity index (χ4n) is 2.88. The molecule has 0 N–H and O–H groups in total. The monoisotopic (exact) mass is 274 g/mol. The lowest BCUT2D eigenvalue weighted by Gasteiger charge is -2.26. The van der Waals surface area contributed by atoms with Crippen LogP contribution in [0.15, 0.2) is 34.6 Å². The molecule has 1 unspecified atom stereocenters. The molecule has 0 aromatic carbocycles. The van der Waals surface area contributed by atoms with Crippen LogP contribution in [0, 0.1) is 0 Å². The molecular formula is C17H22O3. The molecular weight excluding hydrogens is 252 g/mol. The number of ketones is 2. The van der Waals surface area contributed by atoms with Crippen molar-refractivity contribution in [2.75, 3.05) is 0 Å². The van der Waals surface area contributed by atoms with Crippen molar-refractivity contribution in [3.8, 4) is 0 Å². The molecule has 0 aromatic rings. The third kappa shape index (κ3) is 2.49. The molecule has 1 atom stereocenters. The largest absolute Gasteiger partial charge is 0.493 e. The second-order valence-electron chi connectivity index (χ2n) is 6.10. The zero-order chi connectivity index (χ0) is 15.1. The van der Waals surface area contributed by atoms with Crippen LogP contribution in [0.4, 0.5) is 0 Å². The maximum atomic E-state index is 12.3. The first-order valence-electron chi connectivity index (χ1n) is 7.08. The number of ether oxygens (including phenoxy) is 1. The van der Waals surface area contributed by atoms with Crippen LogP contribution in [0.1, 0.15) is 53.4 Å². The molecule has 1 aliphatic carbocycles. The minimum atomic E-state index is -0.252. The van der Waals surface area contributed by atoms with E-state index in [1.165, 1.54) is 0 Å². The zero-order valence-corrected chi connectivity index (χ0v) is 12.8. The Morgan fingerprint density at radius 1 is 1.10 bits per heavy atom. The van der Waals surface area contributed by atoms with E-state index in [9.17, 15) is 9.59 Å². The molecule has 0 bridgehead atoms. The van der Waals surface area contributed by atoms with E-state index in [1.807, 2.05) is 6.92 Å². The molecule has 1 aliphatic heterocycles. The number of rotatable bonds is 3. The highest BCUT2D eigenvalue weighted by molar-refractivity contribution is 6.24. The average Bonchev–Trinajstić information content (AvgIpc) is 2.74. The quantitative estimate of drug-likeness (QED) is 0.738. The molecule has 0 radical (unpaired) electrons. The summed E-state index contributed by atoms with van der Waals surface area (Å²) in [6.07, 6.45) is 3.13. The third-order valence-corrected chi connectivity index (χ3v) is 4.54. The Morgan fingerprint density at radius 2 is 1.70 bits per heavy atom. The van der Waals surface area contributed by atoms with Crippen LogP contribution < -0.4 is 0 Å². The van der Waals surface area contributed by atoms with Crippen LogP contribution in [0.5, 0.6) is 0 Å². The molecule has 1 heterocycles. The van der Waals surface area contributed by atoms with Crippen molar-refractivity contribution in [3.05, 3.63) is 34.6 Å². The van der Waals surface area contributed by atoms with Gasteiger partial charge >= 0.3 is 0 Å². The lowest BCUT2D eigenvalue weighted by molar-refractivity contribution is -0.116. The number of Topliss-reactive ketones (excluding diaryl/α,β-unsaturated/α-hetero) is 2. The number of carbonyl (C=O) groups is 2. The highest BCUT2D eigenvalue weighted by Crippen LogP contribution is 2.37. The Morgan fingerprint density at radius 3 is 2.25 bits per heavy atom. The Bertz CT molecular complexity index is 563. The lowest BCUT2D eigenvalue weighted by Crippen LogP contribution is -2.26. The van der Waals surface area contributed by atoms with E-state index in [0.717, 1.165) is 25.0 Å². The normalized spacial score (nSPS) is 27.5. The summed E-state index contributed by atoms with van der Waals surface area (Å²) in [5, 5.41) is 0. The van der Waals surface area contributed by atoms with Crippen molar-refractivity contribution in [3.63, 3.8) is 0 Å². The van der Waals surface area contributed by atoms with Crippen molar-refractivity contribution in [2.24, 2.45) is 0 Å². The van der Waals surface area contributed by atoms with Crippen LogP contribution in [-0.2, 0) is 14.3 Å². The first kappa shape index (κ1) is 14.8. The SMILES string of the molecule is C=C1CCC(C)(CCC2=C(C)C(=O)C(C)=C(C)C2=O)O1. The van der Waals surface area contributed by atoms with Crippen LogP contribution in [0.3, 0.4) is 0 Å². The third-order valence-electron chi connectivity index (χ3n) is 4.54. The number of carbonyl (C=O) groups excluding carboxylic acids is 2. The van der Waals surface area contributed by atoms with Crippen LogP contribution in [0.2, 0.25) is 0 Å². The molecule has 2 rings (SSSR count). The van der Waals surface area contributed by atoms with Gasteiger partial charge in [0.05, 0.1) is 5.76 Å². The molecule has 0 spiro atoms. The smallest absolute Gasteiger partial charge is 0.185 e. The van der Waals surface area contributed by atoms with Gasteiger partial charge in [0.15, 0.2) is 11.6 Å². The van der Waals surface area contributed by atoms with Gasteiger partial charge < -0.3 is 4.74 Å². The molecule has 0 aromatic heterocycles. The average molecular weight is 274 g/mol. The van der Waals surface area contributed by atoms with E-state index in [2.05, 4.69) is 6.58 Å². The van der Waals surface area contributed by atoms with Gasteiger partial charge in [-0.15, -0.1) is 0 Å². The summed E-state index contributed by atoms with van der Waals surface area (Å²) in [7, 11) is 0. The summed E-state index contributed by atoms with van der Waals surface area (Å²) in [5.74, 6) is 0.829. The van der Waals surface area contributed by atoms with Gasteiger partial charge in [-0.2, -0.15) is 0 Å². The van der Waals surface area contributed by atoms with Gasteiger partial charge in [-0.05, 0) is 47.0 Å². The second kappa shape index (κ2) is 5.04. The fourth-order valence-corrected chi connectivity index (χ4v) is 2.88. The van der Waals surface area contributed by atoms with E-state index < -0.39 is 0 Å². The molecule has 0 saturated carbocycles. The van der Waals surface area contributed by atoms with Crippen molar-refractivity contribution >= 4 is 11.6 Å². The van der Waals surface area contributed by atoms with Gasteiger partial charge in [0, 0.05) is 28.7 Å². The Kier molecular flexibility index (Phi) is 3.72. The maximum absolute atomic E-state index is 12.3. The van der Waals surface area contributed by atoms with Crippen LogP contribution in [-0.4, -0.2) is 17.2 Å². The van der Waals surface area contributed by atoms with Gasteiger partial charge in [-0.1, -0.05) is 6.58 Å². The molecule has 1 saturated heterocycles. The summed E-state index contributed by atoms with van der Waals surface area (Å²) < 4.78 is 5.76. The fraction of sp³-hybridized carbons (Fsp3) is 0.529. The number of allylic oxidation sites excluding steroid dienone is 5. The van der Waals surface area contributed by atoms with E-state index in [-0.39, 0.29) is 17.2 Å². The Labute approximate surface area is 120 Å². The summed E-state index contributed by atoms with van der Waals surface area (Å²) in [6, 6.07) is 0. The molecule has 3 nitrogen and oxygen atoms in total. The Balaban J connectivity index is 2.15. The summed E-state index contributed by atoms with van der Waals surface area (Å²) in [4.78, 5) is 24.4. The number of hydrogen-bond acceptors (Lipinski definition) is 3. The van der Waals surface area contributed by atoms with Gasteiger partial charge in [-0.3, -0.25) is 9.59 Å². The number of hydrogen-bond donors (Lipinski definition) is 0. The standard InChI is InChI=1S/C17H22O3/c1-10-6-8-17(5,20-10)9-7-14-13(4)15(18)11(2)12(3)16(14)19/h1,6-9H2,2-5H3.